The fraction of sp³-hybridized carbons (Fsp3) is 0.759. The first-order chi connectivity index (χ1) is 18.3. The molecule has 1 N–H and O–H groups in total. The standard InChI is InChI=1S/C29H46BrN3O4S/c1-5-9-11-17-32(16-8-4)28(37)25-29-20-21(30)24(38-29)22(26(35)31(14-6-2)15-7-3)23(29)27(36)33(25)18-12-10-13-19-34/h6,8,21-25,34H,2,4-5,7,9-20H2,1,3H3/t21?,22-,23+,24-,25?,29?/m1/s1. The number of unbranched alkanes of at least 4 members (excludes halogenated alkanes) is 4. The summed E-state index contributed by atoms with van der Waals surface area (Å²) in [6, 6.07) is -0.595. The van der Waals surface area contributed by atoms with Crippen molar-refractivity contribution in [1.29, 1.82) is 0 Å². The third-order valence-electron chi connectivity index (χ3n) is 8.21. The first-order valence-electron chi connectivity index (χ1n) is 14.3. The fourth-order valence-electron chi connectivity index (χ4n) is 6.60. The molecule has 0 aliphatic carbocycles. The zero-order valence-electron chi connectivity index (χ0n) is 23.2. The maximum Gasteiger partial charge on any atom is 0.247 e. The van der Waals surface area contributed by atoms with Gasteiger partial charge in [-0.05, 0) is 38.5 Å². The number of fused-ring (bicyclic) bond motifs is 1. The van der Waals surface area contributed by atoms with Crippen LogP contribution in [0.15, 0.2) is 25.3 Å². The van der Waals surface area contributed by atoms with E-state index < -0.39 is 22.6 Å². The summed E-state index contributed by atoms with van der Waals surface area (Å²) in [6.07, 6.45) is 10.2. The molecule has 3 aliphatic heterocycles. The summed E-state index contributed by atoms with van der Waals surface area (Å²) in [6.45, 7) is 14.7. The SMILES string of the molecule is C=CCN(CCCCC)C(=O)C1N(CCCCCO)C(=O)[C@@H]2[C@@H](C(=O)N(CC=C)CCC)[C@@H]3SC12CC3Br. The lowest BCUT2D eigenvalue weighted by Crippen LogP contribution is -2.56. The molecule has 0 aromatic carbocycles. The van der Waals surface area contributed by atoms with Crippen molar-refractivity contribution >= 4 is 45.4 Å². The van der Waals surface area contributed by atoms with E-state index >= 15 is 0 Å². The van der Waals surface area contributed by atoms with Gasteiger partial charge in [-0.3, -0.25) is 14.4 Å². The number of alkyl halides is 1. The van der Waals surface area contributed by atoms with E-state index in [2.05, 4.69) is 36.0 Å². The largest absolute Gasteiger partial charge is 0.396 e. The van der Waals surface area contributed by atoms with Gasteiger partial charge in [0, 0.05) is 49.4 Å². The lowest BCUT2D eigenvalue weighted by atomic mass is 9.70. The van der Waals surface area contributed by atoms with Crippen LogP contribution in [0.1, 0.15) is 65.2 Å². The molecule has 3 saturated heterocycles. The maximum absolute atomic E-state index is 14.3. The Bertz CT molecular complexity index is 873. The van der Waals surface area contributed by atoms with Crippen LogP contribution in [-0.4, -0.2) is 97.7 Å². The molecule has 3 rings (SSSR count). The number of hydrogen-bond acceptors (Lipinski definition) is 5. The van der Waals surface area contributed by atoms with Gasteiger partial charge in [-0.15, -0.1) is 24.9 Å². The molecule has 3 aliphatic rings. The molecule has 3 unspecified atom stereocenters. The molecule has 3 amide bonds. The van der Waals surface area contributed by atoms with Crippen LogP contribution < -0.4 is 0 Å². The van der Waals surface area contributed by atoms with Crippen LogP contribution in [0.2, 0.25) is 0 Å². The molecule has 0 aromatic heterocycles. The van der Waals surface area contributed by atoms with Crippen molar-refractivity contribution in [2.45, 2.75) is 86.1 Å². The van der Waals surface area contributed by atoms with Crippen molar-refractivity contribution in [3.63, 3.8) is 0 Å². The average Bonchev–Trinajstić information content (AvgIpc) is 3.48. The number of likely N-dealkylation sites (tertiary alicyclic amines) is 1. The minimum atomic E-state index is -0.624. The Morgan fingerprint density at radius 2 is 1.74 bits per heavy atom. The second-order valence-corrected chi connectivity index (χ2v) is 13.5. The molecule has 7 nitrogen and oxygen atoms in total. The van der Waals surface area contributed by atoms with Gasteiger partial charge in [-0.25, -0.2) is 0 Å². The predicted molar refractivity (Wildman–Crippen MR) is 158 cm³/mol. The molecule has 0 radical (unpaired) electrons. The molecule has 1 spiro atoms. The normalized spacial score (nSPS) is 29.4. The van der Waals surface area contributed by atoms with Crippen molar-refractivity contribution in [2.75, 3.05) is 39.3 Å². The number of hydrogen-bond donors (Lipinski definition) is 1. The van der Waals surface area contributed by atoms with Gasteiger partial charge in [0.15, 0.2) is 0 Å². The van der Waals surface area contributed by atoms with Crippen molar-refractivity contribution in [3.8, 4) is 0 Å². The topological polar surface area (TPSA) is 81.2 Å². The third-order valence-corrected chi connectivity index (χ3v) is 11.4. The summed E-state index contributed by atoms with van der Waals surface area (Å²) in [7, 11) is 0. The highest BCUT2D eigenvalue weighted by molar-refractivity contribution is 9.09. The van der Waals surface area contributed by atoms with E-state index in [1.165, 1.54) is 0 Å². The molecule has 214 valence electrons. The molecular weight excluding hydrogens is 566 g/mol. The van der Waals surface area contributed by atoms with Crippen LogP contribution in [0, 0.1) is 11.8 Å². The number of aliphatic hydroxyl groups is 1. The van der Waals surface area contributed by atoms with Crippen LogP contribution >= 0.6 is 27.7 Å². The van der Waals surface area contributed by atoms with Crippen molar-refractivity contribution < 1.29 is 19.5 Å². The predicted octanol–water partition coefficient (Wildman–Crippen LogP) is 4.24. The van der Waals surface area contributed by atoms with Crippen LogP contribution in [0.5, 0.6) is 0 Å². The monoisotopic (exact) mass is 611 g/mol. The smallest absolute Gasteiger partial charge is 0.247 e. The highest BCUT2D eigenvalue weighted by atomic mass is 79.9. The molecular formula is C29H46BrN3O4S. The summed E-state index contributed by atoms with van der Waals surface area (Å²) in [5.74, 6) is -1.02. The zero-order valence-corrected chi connectivity index (χ0v) is 25.6. The van der Waals surface area contributed by atoms with E-state index in [0.717, 1.165) is 38.5 Å². The van der Waals surface area contributed by atoms with Gasteiger partial charge in [0.05, 0.1) is 16.6 Å². The Labute approximate surface area is 241 Å². The summed E-state index contributed by atoms with van der Waals surface area (Å²) in [4.78, 5) is 48.1. The number of rotatable bonds is 17. The minimum absolute atomic E-state index is 0.00727. The highest BCUT2D eigenvalue weighted by Gasteiger charge is 2.75. The number of carbonyl (C=O) groups excluding carboxylic acids is 3. The Balaban J connectivity index is 2.00. The number of nitrogens with zero attached hydrogens (tertiary/aromatic N) is 3. The van der Waals surface area contributed by atoms with Gasteiger partial charge in [0.1, 0.15) is 6.04 Å². The maximum atomic E-state index is 14.3. The first kappa shape index (κ1) is 31.2. The van der Waals surface area contributed by atoms with Crippen molar-refractivity contribution in [2.24, 2.45) is 11.8 Å². The van der Waals surface area contributed by atoms with Crippen molar-refractivity contribution in [3.05, 3.63) is 25.3 Å². The van der Waals surface area contributed by atoms with E-state index in [9.17, 15) is 19.5 Å². The Morgan fingerprint density at radius 3 is 2.34 bits per heavy atom. The Hall–Kier alpha value is -1.32. The first-order valence-corrected chi connectivity index (χ1v) is 16.1. The molecule has 0 aromatic rings. The van der Waals surface area contributed by atoms with E-state index in [1.807, 2.05) is 16.7 Å². The molecule has 2 bridgehead atoms. The van der Waals surface area contributed by atoms with Gasteiger partial charge in [0.25, 0.3) is 0 Å². The number of halogens is 1. The third kappa shape index (κ3) is 6.04. The Kier molecular flexibility index (Phi) is 11.8. The molecule has 6 atom stereocenters. The summed E-state index contributed by atoms with van der Waals surface area (Å²) >= 11 is 5.56. The second-order valence-electron chi connectivity index (χ2n) is 10.8. The van der Waals surface area contributed by atoms with Gasteiger partial charge < -0.3 is 19.8 Å². The summed E-state index contributed by atoms with van der Waals surface area (Å²) in [5.41, 5.74) is 0. The summed E-state index contributed by atoms with van der Waals surface area (Å²) in [5, 5.41) is 9.22. The van der Waals surface area contributed by atoms with Crippen LogP contribution in [-0.2, 0) is 14.4 Å². The molecule has 38 heavy (non-hydrogen) atoms. The average molecular weight is 613 g/mol. The van der Waals surface area contributed by atoms with Gasteiger partial charge in [-0.1, -0.05) is 54.8 Å². The lowest BCUT2D eigenvalue weighted by Gasteiger charge is -2.38. The fourth-order valence-corrected chi connectivity index (χ4v) is 10.2. The van der Waals surface area contributed by atoms with Gasteiger partial charge >= 0.3 is 0 Å². The lowest BCUT2D eigenvalue weighted by molar-refractivity contribution is -0.144. The second kappa shape index (κ2) is 14.4. The molecule has 0 saturated carbocycles. The molecule has 3 fully saturated rings. The van der Waals surface area contributed by atoms with E-state index in [1.54, 1.807) is 28.8 Å². The molecule has 9 heteroatoms. The number of carbonyl (C=O) groups is 3. The number of aliphatic hydroxyl groups excluding tert-OH is 1. The zero-order chi connectivity index (χ0) is 27.9. The van der Waals surface area contributed by atoms with Crippen LogP contribution in [0.25, 0.3) is 0 Å². The molecule has 3 heterocycles. The minimum Gasteiger partial charge on any atom is -0.396 e. The van der Waals surface area contributed by atoms with Crippen molar-refractivity contribution in [1.82, 2.24) is 14.7 Å². The van der Waals surface area contributed by atoms with Crippen LogP contribution in [0.3, 0.4) is 0 Å². The Morgan fingerprint density at radius 1 is 1.05 bits per heavy atom. The summed E-state index contributed by atoms with van der Waals surface area (Å²) < 4.78 is -0.624. The van der Waals surface area contributed by atoms with E-state index in [0.29, 0.717) is 45.6 Å². The van der Waals surface area contributed by atoms with Gasteiger partial charge in [-0.2, -0.15) is 0 Å². The van der Waals surface area contributed by atoms with E-state index in [4.69, 9.17) is 0 Å². The van der Waals surface area contributed by atoms with E-state index in [-0.39, 0.29) is 34.4 Å². The number of amides is 3. The quantitative estimate of drug-likeness (QED) is 0.151. The highest BCUT2D eigenvalue weighted by Crippen LogP contribution is 2.68. The number of thioether (sulfide) groups is 1. The van der Waals surface area contributed by atoms with Crippen LogP contribution in [0.4, 0.5) is 0 Å². The van der Waals surface area contributed by atoms with Gasteiger partial charge in [0.2, 0.25) is 17.7 Å².